The van der Waals surface area contributed by atoms with Gasteiger partial charge in [0.05, 0.1) is 18.7 Å². The average Bonchev–Trinajstić information content (AvgIpc) is 3.40. The Hall–Kier alpha value is -2.33. The topological polar surface area (TPSA) is 34.1 Å². The normalized spacial score (nSPS) is 29.8. The van der Waals surface area contributed by atoms with Gasteiger partial charge in [0.15, 0.2) is 0 Å². The Morgan fingerprint density at radius 3 is 2.54 bits per heavy atom. The van der Waals surface area contributed by atoms with Gasteiger partial charge in [0.25, 0.3) is 0 Å². The van der Waals surface area contributed by atoms with Gasteiger partial charge in [0.2, 0.25) is 5.72 Å². The molecular formula is C22H24N2O2. The highest BCUT2D eigenvalue weighted by molar-refractivity contribution is 6.04. The molecule has 1 fully saturated rings. The fourth-order valence-electron chi connectivity index (χ4n) is 5.08. The van der Waals surface area contributed by atoms with Gasteiger partial charge in [-0.3, -0.25) is 4.90 Å². The number of hydrogen-bond donors (Lipinski definition) is 0. The molecular weight excluding hydrogens is 324 g/mol. The van der Waals surface area contributed by atoms with E-state index < -0.39 is 5.72 Å². The summed E-state index contributed by atoms with van der Waals surface area (Å²) in [6.07, 6.45) is 2.46. The van der Waals surface area contributed by atoms with Crippen LogP contribution in [0, 0.1) is 5.92 Å². The Bertz CT molecular complexity index is 855. The maximum absolute atomic E-state index is 6.35. The lowest BCUT2D eigenvalue weighted by atomic mass is 9.82. The third-order valence-electron chi connectivity index (χ3n) is 6.30. The van der Waals surface area contributed by atoms with Gasteiger partial charge in [0.1, 0.15) is 5.75 Å². The Balaban J connectivity index is 1.62. The highest BCUT2D eigenvalue weighted by Gasteiger charge is 2.62. The highest BCUT2D eigenvalue weighted by atomic mass is 16.7. The second-order valence-electron chi connectivity index (χ2n) is 7.54. The summed E-state index contributed by atoms with van der Waals surface area (Å²) in [6.45, 7) is 4.46. The van der Waals surface area contributed by atoms with Crippen molar-refractivity contribution in [2.24, 2.45) is 11.1 Å². The lowest BCUT2D eigenvalue weighted by Crippen LogP contribution is -2.49. The van der Waals surface area contributed by atoms with Crippen LogP contribution in [0.4, 0.5) is 0 Å². The molecule has 0 spiro atoms. The number of ether oxygens (including phenoxy) is 1. The van der Waals surface area contributed by atoms with Crippen LogP contribution in [0.1, 0.15) is 42.4 Å². The molecule has 26 heavy (non-hydrogen) atoms. The van der Waals surface area contributed by atoms with Crippen molar-refractivity contribution in [1.29, 1.82) is 0 Å². The molecule has 1 saturated heterocycles. The van der Waals surface area contributed by atoms with Crippen LogP contribution in [0.2, 0.25) is 0 Å². The quantitative estimate of drug-likeness (QED) is 0.837. The second-order valence-corrected chi connectivity index (χ2v) is 7.54. The van der Waals surface area contributed by atoms with Crippen LogP contribution in [0.3, 0.4) is 0 Å². The molecule has 134 valence electrons. The van der Waals surface area contributed by atoms with Crippen molar-refractivity contribution in [1.82, 2.24) is 4.90 Å². The van der Waals surface area contributed by atoms with E-state index in [9.17, 15) is 0 Å². The minimum absolute atomic E-state index is 0.214. The zero-order chi connectivity index (χ0) is 17.7. The number of fused-ring (bicyclic) bond motifs is 3. The van der Waals surface area contributed by atoms with Crippen LogP contribution in [0.25, 0.3) is 0 Å². The minimum Gasteiger partial charge on any atom is -0.497 e. The summed E-state index contributed by atoms with van der Waals surface area (Å²) >= 11 is 0. The standard InChI is InChI=1S/C22H24N2O2/c1-15-18-7-3-4-8-19(18)22(24-13-5-6-14-24)20(15)21(23-26-22)16-9-11-17(25-2)12-10-16/h3-4,7-12,15,20H,5-6,13-14H2,1-2H3/t15-,20-,22-/m0/s1. The molecule has 0 aromatic heterocycles. The molecule has 3 aliphatic rings. The van der Waals surface area contributed by atoms with E-state index in [4.69, 9.17) is 9.57 Å². The minimum atomic E-state index is -0.443. The molecule has 2 aromatic rings. The molecule has 4 nitrogen and oxygen atoms in total. The first-order valence-corrected chi connectivity index (χ1v) is 9.50. The van der Waals surface area contributed by atoms with Gasteiger partial charge in [-0.05, 0) is 48.6 Å². The van der Waals surface area contributed by atoms with Crippen molar-refractivity contribution < 1.29 is 9.57 Å². The first kappa shape index (κ1) is 15.9. The summed E-state index contributed by atoms with van der Waals surface area (Å²) in [7, 11) is 1.69. The highest BCUT2D eigenvalue weighted by Crippen LogP contribution is 2.57. The summed E-state index contributed by atoms with van der Waals surface area (Å²) < 4.78 is 5.31. The molecule has 2 aromatic carbocycles. The molecule has 0 bridgehead atoms. The smallest absolute Gasteiger partial charge is 0.226 e. The van der Waals surface area contributed by atoms with Crippen LogP contribution in [-0.4, -0.2) is 30.8 Å². The zero-order valence-electron chi connectivity index (χ0n) is 15.3. The Kier molecular flexibility index (Phi) is 3.57. The molecule has 0 saturated carbocycles. The monoisotopic (exact) mass is 348 g/mol. The first-order chi connectivity index (χ1) is 12.8. The van der Waals surface area contributed by atoms with E-state index >= 15 is 0 Å². The van der Waals surface area contributed by atoms with Gasteiger partial charge in [-0.15, -0.1) is 0 Å². The molecule has 0 N–H and O–H groups in total. The van der Waals surface area contributed by atoms with Crippen molar-refractivity contribution in [2.75, 3.05) is 20.2 Å². The SMILES string of the molecule is COc1ccc(C2=NO[C@@]3(N4CCCC4)c4ccccc4[C@H](C)[C@@H]23)cc1. The fraction of sp³-hybridized carbons (Fsp3) is 0.409. The average molecular weight is 348 g/mol. The molecule has 0 radical (unpaired) electrons. The van der Waals surface area contributed by atoms with Crippen LogP contribution in [0.5, 0.6) is 5.75 Å². The van der Waals surface area contributed by atoms with Gasteiger partial charge in [-0.25, -0.2) is 0 Å². The molecule has 1 aliphatic carbocycles. The van der Waals surface area contributed by atoms with E-state index in [1.807, 2.05) is 12.1 Å². The number of oxime groups is 1. The van der Waals surface area contributed by atoms with Gasteiger partial charge < -0.3 is 9.57 Å². The van der Waals surface area contributed by atoms with Gasteiger partial charge in [-0.2, -0.15) is 0 Å². The number of methoxy groups -OCH3 is 1. The summed E-state index contributed by atoms with van der Waals surface area (Å²) in [5.41, 5.74) is 4.43. The Morgan fingerprint density at radius 2 is 1.81 bits per heavy atom. The van der Waals surface area contributed by atoms with E-state index in [1.54, 1.807) is 7.11 Å². The van der Waals surface area contributed by atoms with E-state index in [0.717, 1.165) is 30.1 Å². The van der Waals surface area contributed by atoms with Crippen molar-refractivity contribution in [3.8, 4) is 5.75 Å². The summed E-state index contributed by atoms with van der Waals surface area (Å²) in [4.78, 5) is 8.87. The molecule has 5 rings (SSSR count). The maximum atomic E-state index is 6.35. The predicted octanol–water partition coefficient (Wildman–Crippen LogP) is 4.11. The maximum Gasteiger partial charge on any atom is 0.226 e. The van der Waals surface area contributed by atoms with Crippen LogP contribution >= 0.6 is 0 Å². The first-order valence-electron chi connectivity index (χ1n) is 9.50. The van der Waals surface area contributed by atoms with Crippen molar-refractivity contribution in [3.05, 3.63) is 65.2 Å². The Morgan fingerprint density at radius 1 is 1.08 bits per heavy atom. The lowest BCUT2D eigenvalue weighted by Gasteiger charge is -2.38. The van der Waals surface area contributed by atoms with Crippen molar-refractivity contribution >= 4 is 5.71 Å². The molecule has 0 amide bonds. The molecule has 2 aliphatic heterocycles. The van der Waals surface area contributed by atoms with Gasteiger partial charge in [-0.1, -0.05) is 36.3 Å². The van der Waals surface area contributed by atoms with E-state index in [-0.39, 0.29) is 5.92 Å². The number of benzene rings is 2. The van der Waals surface area contributed by atoms with E-state index in [1.165, 1.54) is 24.0 Å². The number of hydrogen-bond acceptors (Lipinski definition) is 4. The van der Waals surface area contributed by atoms with Crippen molar-refractivity contribution in [3.63, 3.8) is 0 Å². The largest absolute Gasteiger partial charge is 0.497 e. The van der Waals surface area contributed by atoms with Crippen LogP contribution in [0.15, 0.2) is 53.7 Å². The van der Waals surface area contributed by atoms with E-state index in [0.29, 0.717) is 5.92 Å². The third kappa shape index (κ3) is 2.02. The van der Waals surface area contributed by atoms with Gasteiger partial charge >= 0.3 is 0 Å². The molecule has 0 unspecified atom stereocenters. The second kappa shape index (κ2) is 5.85. The van der Waals surface area contributed by atoms with E-state index in [2.05, 4.69) is 53.4 Å². The fourth-order valence-corrected chi connectivity index (χ4v) is 5.08. The number of nitrogens with zero attached hydrogens (tertiary/aromatic N) is 2. The van der Waals surface area contributed by atoms with Crippen LogP contribution in [-0.2, 0) is 10.6 Å². The van der Waals surface area contributed by atoms with Gasteiger partial charge in [0, 0.05) is 24.2 Å². The molecule has 4 heteroatoms. The third-order valence-corrected chi connectivity index (χ3v) is 6.30. The molecule has 3 atom stereocenters. The summed E-state index contributed by atoms with van der Waals surface area (Å²) in [5.74, 6) is 1.45. The number of likely N-dealkylation sites (tertiary alicyclic amines) is 1. The summed E-state index contributed by atoms with van der Waals surface area (Å²) in [5, 5.41) is 4.65. The summed E-state index contributed by atoms with van der Waals surface area (Å²) in [6, 6.07) is 16.9. The van der Waals surface area contributed by atoms with Crippen LogP contribution < -0.4 is 4.74 Å². The lowest BCUT2D eigenvalue weighted by molar-refractivity contribution is -0.156. The predicted molar refractivity (Wildman–Crippen MR) is 101 cm³/mol. The zero-order valence-corrected chi connectivity index (χ0v) is 15.3. The molecule has 2 heterocycles. The van der Waals surface area contributed by atoms with Crippen molar-refractivity contribution in [2.45, 2.75) is 31.4 Å². The Labute approximate surface area is 154 Å². The number of rotatable bonds is 3.